The molecule has 9 nitrogen and oxygen atoms in total. The van der Waals surface area contributed by atoms with Gasteiger partial charge in [0.15, 0.2) is 0 Å². The van der Waals surface area contributed by atoms with E-state index in [0.29, 0.717) is 30.4 Å². The van der Waals surface area contributed by atoms with Gasteiger partial charge in [0.1, 0.15) is 29.7 Å². The van der Waals surface area contributed by atoms with E-state index in [4.69, 9.17) is 19.2 Å². The van der Waals surface area contributed by atoms with Gasteiger partial charge in [-0.25, -0.2) is 19.4 Å². The third-order valence-corrected chi connectivity index (χ3v) is 5.87. The van der Waals surface area contributed by atoms with Crippen molar-refractivity contribution in [1.29, 1.82) is 0 Å². The highest BCUT2D eigenvalue weighted by atomic mass is 16.6. The van der Waals surface area contributed by atoms with E-state index in [2.05, 4.69) is 42.5 Å². The summed E-state index contributed by atoms with van der Waals surface area (Å²) in [5.41, 5.74) is 2.17. The minimum absolute atomic E-state index is 0.105. The fourth-order valence-corrected chi connectivity index (χ4v) is 4.29. The van der Waals surface area contributed by atoms with Gasteiger partial charge in [-0.1, -0.05) is 6.07 Å². The number of carbonyl (C=O) groups excluding carboxylic acids is 1. The largest absolute Gasteiger partial charge is 0.446 e. The molecule has 3 aromatic rings. The Bertz CT molecular complexity index is 1130. The van der Waals surface area contributed by atoms with E-state index in [9.17, 15) is 4.79 Å². The van der Waals surface area contributed by atoms with Crippen molar-refractivity contribution >= 4 is 17.7 Å². The molecule has 5 rings (SSSR count). The van der Waals surface area contributed by atoms with Crippen molar-refractivity contribution in [1.82, 2.24) is 25.1 Å². The van der Waals surface area contributed by atoms with Crippen LogP contribution in [0.3, 0.4) is 0 Å². The van der Waals surface area contributed by atoms with Gasteiger partial charge in [0.05, 0.1) is 16.9 Å². The maximum Gasteiger partial charge on any atom is 0.407 e. The number of rotatable bonds is 0. The highest BCUT2D eigenvalue weighted by Crippen LogP contribution is 2.38. The number of nitrogens with one attached hydrogen (secondary N) is 2. The zero-order valence-corrected chi connectivity index (χ0v) is 18.6. The van der Waals surface area contributed by atoms with E-state index in [1.165, 1.54) is 0 Å². The van der Waals surface area contributed by atoms with Crippen LogP contribution in [-0.2, 0) is 16.7 Å². The van der Waals surface area contributed by atoms with Crippen molar-refractivity contribution in [2.24, 2.45) is 0 Å². The van der Waals surface area contributed by atoms with Crippen LogP contribution in [0.1, 0.15) is 57.3 Å². The van der Waals surface area contributed by atoms with Crippen molar-refractivity contribution < 1.29 is 13.9 Å². The zero-order valence-electron chi connectivity index (χ0n) is 18.6. The first-order valence-electron chi connectivity index (χ1n) is 11.1. The molecule has 0 saturated heterocycles. The second kappa shape index (κ2) is 7.96. The third kappa shape index (κ3) is 4.19. The molecule has 2 N–H and O–H groups in total. The number of ether oxygens (including phenoxy) is 1. The van der Waals surface area contributed by atoms with Gasteiger partial charge >= 0.3 is 6.09 Å². The molecule has 0 spiro atoms. The van der Waals surface area contributed by atoms with E-state index < -0.39 is 6.09 Å². The summed E-state index contributed by atoms with van der Waals surface area (Å²) in [7, 11) is 0. The van der Waals surface area contributed by atoms with Gasteiger partial charge < -0.3 is 19.8 Å². The van der Waals surface area contributed by atoms with Crippen LogP contribution < -0.4 is 10.6 Å². The lowest BCUT2D eigenvalue weighted by Gasteiger charge is -2.22. The van der Waals surface area contributed by atoms with Crippen LogP contribution in [0.4, 0.5) is 16.4 Å². The standard InChI is InChI=1S/C23H28N6O3/c1-23(2,3)29-20-12-18(28-29)14-7-8-16(11-14)32-22(30)24-10-9-15-13-31-21(25-15)17-5-4-6-19(26-17)27-20/h4-6,12-14,16H,7-11H2,1-3H3,(H,24,30)(H,26,27)/t14-,16+/m0/s1. The summed E-state index contributed by atoms with van der Waals surface area (Å²) in [5, 5.41) is 11.2. The fraction of sp³-hybridized carbons (Fsp3) is 0.478. The third-order valence-electron chi connectivity index (χ3n) is 5.87. The van der Waals surface area contributed by atoms with Crippen LogP contribution in [0.5, 0.6) is 0 Å². The van der Waals surface area contributed by atoms with Crippen LogP contribution >= 0.6 is 0 Å². The van der Waals surface area contributed by atoms with E-state index in [0.717, 1.165) is 36.5 Å². The van der Waals surface area contributed by atoms with Gasteiger partial charge in [-0.05, 0) is 52.2 Å². The number of fused-ring (bicyclic) bond motifs is 10. The molecule has 0 radical (unpaired) electrons. The molecule has 1 aliphatic carbocycles. The molecule has 1 aliphatic heterocycles. The van der Waals surface area contributed by atoms with Gasteiger partial charge in [-0.3, -0.25) is 0 Å². The summed E-state index contributed by atoms with van der Waals surface area (Å²) in [6, 6.07) is 7.78. The smallest absolute Gasteiger partial charge is 0.407 e. The van der Waals surface area contributed by atoms with Gasteiger partial charge in [0.2, 0.25) is 5.89 Å². The van der Waals surface area contributed by atoms with Crippen molar-refractivity contribution in [3.63, 3.8) is 0 Å². The Morgan fingerprint density at radius 2 is 2.06 bits per heavy atom. The molecule has 1 fully saturated rings. The molecule has 0 aromatic carbocycles. The molecular weight excluding hydrogens is 408 g/mol. The second-order valence-corrected chi connectivity index (χ2v) is 9.43. The van der Waals surface area contributed by atoms with Crippen LogP contribution in [0, 0.1) is 0 Å². The second-order valence-electron chi connectivity index (χ2n) is 9.43. The number of amides is 1. The molecule has 1 saturated carbocycles. The predicted octanol–water partition coefficient (Wildman–Crippen LogP) is 4.35. The normalized spacial score (nSPS) is 21.2. The van der Waals surface area contributed by atoms with Crippen molar-refractivity contribution in [2.75, 3.05) is 11.9 Å². The summed E-state index contributed by atoms with van der Waals surface area (Å²) in [6.07, 6.45) is 4.20. The van der Waals surface area contributed by atoms with E-state index in [1.54, 1.807) is 6.26 Å². The number of hydrogen-bond donors (Lipinski definition) is 2. The van der Waals surface area contributed by atoms with Crippen LogP contribution in [0.2, 0.25) is 0 Å². The van der Waals surface area contributed by atoms with Crippen molar-refractivity contribution in [3.05, 3.63) is 41.9 Å². The molecule has 0 unspecified atom stereocenters. The number of aromatic nitrogens is 4. The van der Waals surface area contributed by atoms with E-state index in [1.807, 2.05) is 22.9 Å². The van der Waals surface area contributed by atoms with Crippen LogP contribution in [0.15, 0.2) is 34.9 Å². The quantitative estimate of drug-likeness (QED) is 0.539. The number of alkyl carbamates (subject to hydrolysis) is 1. The van der Waals surface area contributed by atoms with Gasteiger partial charge in [-0.2, -0.15) is 5.10 Å². The Morgan fingerprint density at radius 1 is 1.19 bits per heavy atom. The summed E-state index contributed by atoms with van der Waals surface area (Å²) < 4.78 is 13.3. The first-order valence-corrected chi connectivity index (χ1v) is 11.1. The van der Waals surface area contributed by atoms with E-state index in [-0.39, 0.29) is 17.6 Å². The first-order chi connectivity index (χ1) is 15.3. The Balaban J connectivity index is 1.53. The maximum absolute atomic E-state index is 12.2. The summed E-state index contributed by atoms with van der Waals surface area (Å²) in [6.45, 7) is 6.78. The summed E-state index contributed by atoms with van der Waals surface area (Å²) in [5.74, 6) is 2.25. The molecule has 2 aliphatic rings. The molecule has 3 aromatic heterocycles. The first kappa shape index (κ1) is 20.5. The maximum atomic E-state index is 12.2. The van der Waals surface area contributed by atoms with Gasteiger partial charge in [0.25, 0.3) is 0 Å². The number of nitrogens with zero attached hydrogens (tertiary/aromatic N) is 4. The number of pyridine rings is 1. The number of oxazole rings is 1. The Hall–Kier alpha value is -3.36. The number of hydrogen-bond acceptors (Lipinski definition) is 7. The number of anilines is 2. The Kier molecular flexibility index (Phi) is 5.11. The van der Waals surface area contributed by atoms with Crippen LogP contribution in [0.25, 0.3) is 11.6 Å². The van der Waals surface area contributed by atoms with Crippen LogP contribution in [-0.4, -0.2) is 38.5 Å². The average Bonchev–Trinajstić information content (AvgIpc) is 3.47. The molecule has 168 valence electrons. The zero-order chi connectivity index (χ0) is 22.3. The Labute approximate surface area is 186 Å². The Morgan fingerprint density at radius 3 is 2.91 bits per heavy atom. The molecule has 32 heavy (non-hydrogen) atoms. The van der Waals surface area contributed by atoms with Gasteiger partial charge in [0, 0.05) is 24.9 Å². The van der Waals surface area contributed by atoms with Crippen molar-refractivity contribution in [2.45, 2.75) is 64.0 Å². The molecule has 2 atom stereocenters. The number of carbonyl (C=O) groups is 1. The highest BCUT2D eigenvalue weighted by Gasteiger charge is 2.32. The SMILES string of the molecule is CC(C)(C)n1nc2cc1Nc1cccc(n1)-c1nc(co1)CCNC(=O)O[C@@H]1CC[C@H]2C1. The molecule has 4 heterocycles. The molecule has 9 heteroatoms. The minimum Gasteiger partial charge on any atom is -0.446 e. The predicted molar refractivity (Wildman–Crippen MR) is 119 cm³/mol. The minimum atomic E-state index is -0.391. The topological polar surface area (TPSA) is 107 Å². The van der Waals surface area contributed by atoms with Gasteiger partial charge in [-0.15, -0.1) is 0 Å². The molecular formula is C23H28N6O3. The fourth-order valence-electron chi connectivity index (χ4n) is 4.29. The van der Waals surface area contributed by atoms with E-state index >= 15 is 0 Å². The summed E-state index contributed by atoms with van der Waals surface area (Å²) >= 11 is 0. The molecule has 8 bridgehead atoms. The molecule has 1 amide bonds. The summed E-state index contributed by atoms with van der Waals surface area (Å²) in [4.78, 5) is 21.5. The average molecular weight is 437 g/mol. The van der Waals surface area contributed by atoms with Crippen molar-refractivity contribution in [3.8, 4) is 11.6 Å². The highest BCUT2D eigenvalue weighted by molar-refractivity contribution is 5.67. The monoisotopic (exact) mass is 436 g/mol. The lowest BCUT2D eigenvalue weighted by atomic mass is 10.0. The lowest BCUT2D eigenvalue weighted by molar-refractivity contribution is 0.100. The lowest BCUT2D eigenvalue weighted by Crippen LogP contribution is -2.29.